The number of hydrogen-bond donors (Lipinski definition) is 0. The summed E-state index contributed by atoms with van der Waals surface area (Å²) in [5.41, 5.74) is 4.32. The highest BCUT2D eigenvalue weighted by molar-refractivity contribution is 5.69. The number of nitrogens with zero attached hydrogens (tertiary/aromatic N) is 4. The van der Waals surface area contributed by atoms with Gasteiger partial charge in [0.2, 0.25) is 0 Å². The van der Waals surface area contributed by atoms with Crippen LogP contribution < -0.4 is 4.48 Å². The summed E-state index contributed by atoms with van der Waals surface area (Å²) in [4.78, 5) is 20.4. The molecule has 1 atom stereocenters. The summed E-state index contributed by atoms with van der Waals surface area (Å²) in [6, 6.07) is 11.1. The molecule has 3 aliphatic rings. The maximum atomic E-state index is 12.0. The summed E-state index contributed by atoms with van der Waals surface area (Å²) in [5.74, 6) is 0. The molecule has 5 heteroatoms. The first-order chi connectivity index (χ1) is 13.7. The lowest BCUT2D eigenvalue weighted by Crippen LogP contribution is -2.53. The fourth-order valence-corrected chi connectivity index (χ4v) is 4.44. The van der Waals surface area contributed by atoms with Gasteiger partial charge in [0.15, 0.2) is 0 Å². The number of pyridine rings is 1. The summed E-state index contributed by atoms with van der Waals surface area (Å²) in [6.07, 6.45) is 15.0. The molecule has 28 heavy (non-hydrogen) atoms. The van der Waals surface area contributed by atoms with E-state index >= 15 is 0 Å². The van der Waals surface area contributed by atoms with E-state index in [1.54, 1.807) is 6.33 Å². The van der Waals surface area contributed by atoms with Crippen molar-refractivity contribution in [2.24, 2.45) is 0 Å². The van der Waals surface area contributed by atoms with Crippen LogP contribution in [-0.2, 0) is 17.8 Å². The molecule has 1 amide bonds. The Kier molecular flexibility index (Phi) is 5.53. The Balaban J connectivity index is 1.37. The van der Waals surface area contributed by atoms with Crippen molar-refractivity contribution in [3.8, 4) is 11.4 Å². The Morgan fingerprint density at radius 3 is 2.57 bits per heavy atom. The van der Waals surface area contributed by atoms with Crippen molar-refractivity contribution in [3.63, 3.8) is 0 Å². The number of aromatic nitrogens is 3. The van der Waals surface area contributed by atoms with Crippen LogP contribution in [0.5, 0.6) is 0 Å². The number of imidazole rings is 1. The highest BCUT2D eigenvalue weighted by Gasteiger charge is 2.35. The molecule has 0 saturated heterocycles. The smallest absolute Gasteiger partial charge is 0.306 e. The van der Waals surface area contributed by atoms with Crippen LogP contribution in [-0.4, -0.2) is 34.0 Å². The summed E-state index contributed by atoms with van der Waals surface area (Å²) in [7, 11) is 2.07. The molecule has 4 rings (SSSR count). The average Bonchev–Trinajstić information content (AvgIpc) is 3.22. The van der Waals surface area contributed by atoms with E-state index in [1.165, 1.54) is 24.8 Å². The SMILES string of the molecule is C[N+](C=O)(c1ccc(CCCn2ccc3ncnc-3c2)cc1)C1CCCCC1. The second kappa shape index (κ2) is 8.23. The Hall–Kier alpha value is -2.53. The van der Waals surface area contributed by atoms with Gasteiger partial charge in [-0.25, -0.2) is 19.2 Å². The number of fused-ring (bicyclic) bond motifs is 1. The predicted molar refractivity (Wildman–Crippen MR) is 112 cm³/mol. The molecule has 0 aromatic heterocycles. The number of carbonyl (C=O) groups is 1. The minimum absolute atomic E-state index is 0.414. The minimum atomic E-state index is 0.414. The zero-order chi connectivity index (χ0) is 19.4. The van der Waals surface area contributed by atoms with E-state index in [2.05, 4.69) is 58.2 Å². The number of benzene rings is 1. The van der Waals surface area contributed by atoms with Crippen LogP contribution in [0.4, 0.5) is 5.69 Å². The molecule has 1 aromatic carbocycles. The van der Waals surface area contributed by atoms with Crippen LogP contribution >= 0.6 is 0 Å². The third-order valence-corrected chi connectivity index (χ3v) is 6.29. The maximum absolute atomic E-state index is 12.0. The number of amides is 1. The Morgan fingerprint density at radius 1 is 1.07 bits per heavy atom. The van der Waals surface area contributed by atoms with Crippen LogP contribution in [0.15, 0.2) is 49.1 Å². The van der Waals surface area contributed by atoms with E-state index in [0.717, 1.165) is 55.7 Å². The van der Waals surface area contributed by atoms with Crippen LogP contribution in [0.1, 0.15) is 44.1 Å². The van der Waals surface area contributed by atoms with Crippen molar-refractivity contribution in [3.05, 3.63) is 54.6 Å². The zero-order valence-corrected chi connectivity index (χ0v) is 16.6. The van der Waals surface area contributed by atoms with E-state index in [9.17, 15) is 4.79 Å². The molecular formula is C23H29N4O+. The van der Waals surface area contributed by atoms with E-state index in [-0.39, 0.29) is 0 Å². The van der Waals surface area contributed by atoms with Crippen molar-refractivity contribution in [2.75, 3.05) is 7.05 Å². The van der Waals surface area contributed by atoms with E-state index in [0.29, 0.717) is 10.5 Å². The third-order valence-electron chi connectivity index (χ3n) is 6.29. The first-order valence-corrected chi connectivity index (χ1v) is 10.4. The molecule has 0 N–H and O–H groups in total. The number of rotatable bonds is 7. The predicted octanol–water partition coefficient (Wildman–Crippen LogP) is 4.44. The Labute approximate surface area is 167 Å². The van der Waals surface area contributed by atoms with Crippen molar-refractivity contribution in [2.45, 2.75) is 57.5 Å². The second-order valence-corrected chi connectivity index (χ2v) is 8.14. The van der Waals surface area contributed by atoms with Gasteiger partial charge in [0.25, 0.3) is 0 Å². The first kappa shape index (κ1) is 18.8. The number of hydrogen-bond acceptors (Lipinski definition) is 3. The van der Waals surface area contributed by atoms with Gasteiger partial charge in [-0.2, -0.15) is 0 Å². The van der Waals surface area contributed by atoms with Gasteiger partial charge in [-0.15, -0.1) is 0 Å². The average molecular weight is 378 g/mol. The fraction of sp³-hybridized carbons (Fsp3) is 0.435. The lowest BCUT2D eigenvalue weighted by atomic mass is 9.92. The van der Waals surface area contributed by atoms with Crippen LogP contribution in [0.25, 0.3) is 11.4 Å². The van der Waals surface area contributed by atoms with Gasteiger partial charge < -0.3 is 4.57 Å². The van der Waals surface area contributed by atoms with E-state index in [1.807, 2.05) is 6.07 Å². The van der Waals surface area contributed by atoms with Gasteiger partial charge in [0.1, 0.15) is 23.8 Å². The van der Waals surface area contributed by atoms with Gasteiger partial charge in [-0.1, -0.05) is 18.6 Å². The molecule has 1 saturated carbocycles. The molecule has 1 aromatic rings. The minimum Gasteiger partial charge on any atom is -0.352 e. The quantitative estimate of drug-likeness (QED) is 0.452. The number of aryl methyl sites for hydroxylation is 2. The monoisotopic (exact) mass is 377 g/mol. The lowest BCUT2D eigenvalue weighted by molar-refractivity contribution is -0.118. The molecule has 1 fully saturated rings. The second-order valence-electron chi connectivity index (χ2n) is 8.14. The molecule has 0 spiro atoms. The highest BCUT2D eigenvalue weighted by atomic mass is 16.1. The zero-order valence-electron chi connectivity index (χ0n) is 16.6. The van der Waals surface area contributed by atoms with Crippen molar-refractivity contribution >= 4 is 12.1 Å². The molecular weight excluding hydrogens is 348 g/mol. The van der Waals surface area contributed by atoms with Gasteiger partial charge in [0, 0.05) is 31.8 Å². The van der Waals surface area contributed by atoms with Gasteiger partial charge >= 0.3 is 6.41 Å². The van der Waals surface area contributed by atoms with E-state index in [4.69, 9.17) is 0 Å². The molecule has 2 heterocycles. The number of quaternary nitrogens is 1. The largest absolute Gasteiger partial charge is 0.352 e. The topological polar surface area (TPSA) is 47.8 Å². The molecule has 5 nitrogen and oxygen atoms in total. The lowest BCUT2D eigenvalue weighted by Gasteiger charge is -2.37. The van der Waals surface area contributed by atoms with Crippen LogP contribution in [0.2, 0.25) is 0 Å². The summed E-state index contributed by atoms with van der Waals surface area (Å²) in [6.45, 7) is 0.953. The van der Waals surface area contributed by atoms with Crippen molar-refractivity contribution in [1.82, 2.24) is 19.0 Å². The molecule has 1 unspecified atom stereocenters. The Morgan fingerprint density at radius 2 is 1.82 bits per heavy atom. The standard InChI is InChI=1S/C23H29N4O/c1-27(18-28,20-7-3-2-4-8-20)21-11-9-19(10-12-21)6-5-14-26-15-13-22-23(16-26)25-17-24-22/h9-13,15-18,20H,2-8,14H2,1H3/q+1. The van der Waals surface area contributed by atoms with Crippen LogP contribution in [0.3, 0.4) is 0 Å². The molecule has 146 valence electrons. The summed E-state index contributed by atoms with van der Waals surface area (Å²) >= 11 is 0. The van der Waals surface area contributed by atoms with Gasteiger partial charge in [-0.3, -0.25) is 0 Å². The van der Waals surface area contributed by atoms with Crippen molar-refractivity contribution < 1.29 is 4.79 Å². The summed E-state index contributed by atoms with van der Waals surface area (Å²) < 4.78 is 2.59. The molecule has 0 bridgehead atoms. The maximum Gasteiger partial charge on any atom is 0.306 e. The molecule has 1 aliphatic carbocycles. The first-order valence-electron chi connectivity index (χ1n) is 10.4. The van der Waals surface area contributed by atoms with Gasteiger partial charge in [0.05, 0.1) is 12.7 Å². The Bertz CT molecular complexity index is 882. The molecule has 0 radical (unpaired) electrons. The van der Waals surface area contributed by atoms with Gasteiger partial charge in [-0.05, 0) is 49.4 Å². The normalized spacial score (nSPS) is 17.5. The third kappa shape index (κ3) is 3.85. The fourth-order valence-electron chi connectivity index (χ4n) is 4.44. The molecule has 2 aliphatic heterocycles. The van der Waals surface area contributed by atoms with Crippen LogP contribution in [0, 0.1) is 0 Å². The number of carbonyl (C=O) groups excluding carboxylic acids is 1. The highest BCUT2D eigenvalue weighted by Crippen LogP contribution is 2.31. The van der Waals surface area contributed by atoms with E-state index < -0.39 is 0 Å². The summed E-state index contributed by atoms with van der Waals surface area (Å²) in [5, 5.41) is 0. The van der Waals surface area contributed by atoms with Crippen molar-refractivity contribution in [1.29, 1.82) is 0 Å².